The first kappa shape index (κ1) is 11.8. The minimum Gasteiger partial charge on any atom is -0.463 e. The highest BCUT2D eigenvalue weighted by molar-refractivity contribution is 5.82. The van der Waals surface area contributed by atoms with Gasteiger partial charge in [0, 0.05) is 11.8 Å². The molecule has 0 spiro atoms. The second kappa shape index (κ2) is 4.74. The van der Waals surface area contributed by atoms with E-state index in [0.717, 1.165) is 0 Å². The normalized spacial score (nSPS) is 12.8. The number of rotatable bonds is 3. The molecule has 3 nitrogen and oxygen atoms in total. The predicted molar refractivity (Wildman–Crippen MR) is 39.6 cm³/mol. The molecule has 0 bridgehead atoms. The first-order valence-electron chi connectivity index (χ1n) is 3.54. The third-order valence-electron chi connectivity index (χ3n) is 0.994. The van der Waals surface area contributed by atoms with Crippen molar-refractivity contribution >= 4 is 5.97 Å². The predicted octanol–water partition coefficient (Wildman–Crippen LogP) is 1.34. The summed E-state index contributed by atoms with van der Waals surface area (Å²) >= 11 is 0. The Labute approximate surface area is 73.4 Å². The van der Waals surface area contributed by atoms with Gasteiger partial charge in [-0.25, -0.2) is 4.79 Å². The van der Waals surface area contributed by atoms with E-state index in [-0.39, 0.29) is 6.61 Å². The number of nitrogens with two attached hydrogens (primary N) is 1. The summed E-state index contributed by atoms with van der Waals surface area (Å²) in [5, 5.41) is 0. The van der Waals surface area contributed by atoms with Gasteiger partial charge in [0.15, 0.2) is 0 Å². The molecule has 0 aliphatic rings. The molecule has 13 heavy (non-hydrogen) atoms. The largest absolute Gasteiger partial charge is 0.463 e. The molecular weight excluding hydrogens is 187 g/mol. The lowest BCUT2D eigenvalue weighted by molar-refractivity contribution is -0.137. The third kappa shape index (κ3) is 7.17. The summed E-state index contributed by atoms with van der Waals surface area (Å²) in [7, 11) is 0. The SMILES string of the molecule is CCOC(=O)/C=C(/N)CC(F)(F)F. The van der Waals surface area contributed by atoms with Gasteiger partial charge in [0.05, 0.1) is 13.0 Å². The summed E-state index contributed by atoms with van der Waals surface area (Å²) in [6.45, 7) is 1.65. The number of esters is 1. The maximum Gasteiger partial charge on any atom is 0.394 e. The number of hydrogen-bond acceptors (Lipinski definition) is 3. The molecule has 0 saturated carbocycles. The summed E-state index contributed by atoms with van der Waals surface area (Å²) in [6.07, 6.45) is -5.06. The van der Waals surface area contributed by atoms with Crippen LogP contribution in [0.25, 0.3) is 0 Å². The van der Waals surface area contributed by atoms with Gasteiger partial charge in [0.1, 0.15) is 0 Å². The van der Waals surface area contributed by atoms with Crippen molar-refractivity contribution in [1.82, 2.24) is 0 Å². The topological polar surface area (TPSA) is 52.3 Å². The van der Waals surface area contributed by atoms with Crippen molar-refractivity contribution in [1.29, 1.82) is 0 Å². The Hall–Kier alpha value is -1.20. The Balaban J connectivity index is 4.09. The standard InChI is InChI=1S/C7H10F3NO2/c1-2-13-6(12)3-5(11)4-7(8,9)10/h3H,2,4,11H2,1H3/b5-3+. The monoisotopic (exact) mass is 197 g/mol. The van der Waals surface area contributed by atoms with E-state index < -0.39 is 24.3 Å². The minimum absolute atomic E-state index is 0.106. The maximum atomic E-state index is 11.7. The summed E-state index contributed by atoms with van der Waals surface area (Å²) in [5.74, 6) is -0.857. The molecule has 0 aliphatic carbocycles. The van der Waals surface area contributed by atoms with Crippen LogP contribution in [0.4, 0.5) is 13.2 Å². The molecule has 0 radical (unpaired) electrons. The fourth-order valence-electron chi connectivity index (χ4n) is 0.618. The van der Waals surface area contributed by atoms with Crippen molar-refractivity contribution in [2.75, 3.05) is 6.61 Å². The second-order valence-electron chi connectivity index (χ2n) is 2.26. The molecule has 0 aromatic carbocycles. The first-order valence-corrected chi connectivity index (χ1v) is 3.54. The fraction of sp³-hybridized carbons (Fsp3) is 0.571. The van der Waals surface area contributed by atoms with Crippen LogP contribution in [0.3, 0.4) is 0 Å². The van der Waals surface area contributed by atoms with Crippen LogP contribution in [0.5, 0.6) is 0 Å². The maximum absolute atomic E-state index is 11.7. The van der Waals surface area contributed by atoms with E-state index >= 15 is 0 Å². The van der Waals surface area contributed by atoms with Gasteiger partial charge >= 0.3 is 12.1 Å². The van der Waals surface area contributed by atoms with Crippen LogP contribution in [-0.4, -0.2) is 18.8 Å². The first-order chi connectivity index (χ1) is 5.85. The Morgan fingerprint density at radius 1 is 1.54 bits per heavy atom. The molecular formula is C7H10F3NO2. The van der Waals surface area contributed by atoms with Crippen LogP contribution in [0, 0.1) is 0 Å². The number of allylic oxidation sites excluding steroid dienone is 1. The Morgan fingerprint density at radius 2 is 2.08 bits per heavy atom. The van der Waals surface area contributed by atoms with Gasteiger partial charge in [-0.3, -0.25) is 0 Å². The number of ether oxygens (including phenoxy) is 1. The van der Waals surface area contributed by atoms with Crippen molar-refractivity contribution < 1.29 is 22.7 Å². The van der Waals surface area contributed by atoms with E-state index in [1.54, 1.807) is 6.92 Å². The zero-order valence-electron chi connectivity index (χ0n) is 7.02. The van der Waals surface area contributed by atoms with Crippen LogP contribution in [-0.2, 0) is 9.53 Å². The van der Waals surface area contributed by atoms with Crippen molar-refractivity contribution in [2.45, 2.75) is 19.5 Å². The third-order valence-corrected chi connectivity index (χ3v) is 0.994. The molecule has 0 unspecified atom stereocenters. The molecule has 0 amide bonds. The van der Waals surface area contributed by atoms with Crippen molar-refractivity contribution in [3.8, 4) is 0 Å². The highest BCUT2D eigenvalue weighted by atomic mass is 19.4. The van der Waals surface area contributed by atoms with E-state index in [1.165, 1.54) is 0 Å². The number of carbonyl (C=O) groups is 1. The van der Waals surface area contributed by atoms with Crippen molar-refractivity contribution in [2.24, 2.45) is 5.73 Å². The summed E-state index contributed by atoms with van der Waals surface area (Å²) in [4.78, 5) is 10.6. The summed E-state index contributed by atoms with van der Waals surface area (Å²) < 4.78 is 39.4. The highest BCUT2D eigenvalue weighted by Gasteiger charge is 2.28. The average Bonchev–Trinajstić information content (AvgIpc) is 1.81. The van der Waals surface area contributed by atoms with E-state index in [9.17, 15) is 18.0 Å². The van der Waals surface area contributed by atoms with E-state index in [1.807, 2.05) is 0 Å². The van der Waals surface area contributed by atoms with Gasteiger partial charge in [-0.2, -0.15) is 13.2 Å². The zero-order chi connectivity index (χ0) is 10.5. The molecule has 0 aromatic heterocycles. The second-order valence-corrected chi connectivity index (χ2v) is 2.26. The number of carbonyl (C=O) groups excluding carboxylic acids is 1. The van der Waals surface area contributed by atoms with E-state index in [4.69, 9.17) is 5.73 Å². The Bertz CT molecular complexity index is 210. The van der Waals surface area contributed by atoms with Crippen LogP contribution >= 0.6 is 0 Å². The zero-order valence-corrected chi connectivity index (χ0v) is 7.02. The lowest BCUT2D eigenvalue weighted by Gasteiger charge is -2.05. The van der Waals surface area contributed by atoms with Gasteiger partial charge in [-0.05, 0) is 6.92 Å². The van der Waals surface area contributed by atoms with Crippen molar-refractivity contribution in [3.05, 3.63) is 11.8 Å². The summed E-state index contributed by atoms with van der Waals surface area (Å²) in [6, 6.07) is 0. The van der Waals surface area contributed by atoms with Gasteiger partial charge in [-0.15, -0.1) is 0 Å². The van der Waals surface area contributed by atoms with Gasteiger partial charge in [0.25, 0.3) is 0 Å². The lowest BCUT2D eigenvalue weighted by Crippen LogP contribution is -2.15. The number of halogens is 3. The Kier molecular flexibility index (Phi) is 4.30. The molecule has 2 N–H and O–H groups in total. The van der Waals surface area contributed by atoms with Crippen LogP contribution in [0.1, 0.15) is 13.3 Å². The summed E-state index contributed by atoms with van der Waals surface area (Å²) in [5.41, 5.74) is 4.38. The quantitative estimate of drug-likeness (QED) is 0.548. The lowest BCUT2D eigenvalue weighted by atomic mass is 10.3. The molecule has 0 aliphatic heterocycles. The van der Waals surface area contributed by atoms with Gasteiger partial charge < -0.3 is 10.5 Å². The smallest absolute Gasteiger partial charge is 0.394 e. The van der Waals surface area contributed by atoms with E-state index in [2.05, 4.69) is 4.74 Å². The minimum atomic E-state index is -4.40. The fourth-order valence-corrected chi connectivity index (χ4v) is 0.618. The molecule has 0 aromatic rings. The van der Waals surface area contributed by atoms with Gasteiger partial charge in [0.2, 0.25) is 0 Å². The number of hydrogen-bond donors (Lipinski definition) is 1. The van der Waals surface area contributed by atoms with Crippen LogP contribution in [0.2, 0.25) is 0 Å². The molecule has 0 rings (SSSR count). The molecule has 0 fully saturated rings. The average molecular weight is 197 g/mol. The molecule has 0 heterocycles. The molecule has 6 heteroatoms. The Morgan fingerprint density at radius 3 is 2.46 bits per heavy atom. The van der Waals surface area contributed by atoms with Crippen molar-refractivity contribution in [3.63, 3.8) is 0 Å². The van der Waals surface area contributed by atoms with E-state index in [0.29, 0.717) is 6.08 Å². The van der Waals surface area contributed by atoms with Gasteiger partial charge in [-0.1, -0.05) is 0 Å². The van der Waals surface area contributed by atoms with Crippen LogP contribution < -0.4 is 5.73 Å². The van der Waals surface area contributed by atoms with Crippen LogP contribution in [0.15, 0.2) is 11.8 Å². The molecule has 0 saturated heterocycles. The molecule has 76 valence electrons. The number of alkyl halides is 3. The molecule has 0 atom stereocenters. The highest BCUT2D eigenvalue weighted by Crippen LogP contribution is 2.21.